The number of nitrogen functional groups attached to an aromatic ring is 1. The van der Waals surface area contributed by atoms with E-state index < -0.39 is 23.8 Å². The molecule has 0 aliphatic rings. The maximum absolute atomic E-state index is 13.3. The second-order valence-corrected chi connectivity index (χ2v) is 4.45. The summed E-state index contributed by atoms with van der Waals surface area (Å²) < 4.78 is 41.5. The molecule has 0 saturated heterocycles. The Bertz CT molecular complexity index is 439. The number of hydrogen-bond acceptors (Lipinski definition) is 4. The molecule has 4 N–H and O–H groups in total. The fraction of sp³-hybridized carbons (Fsp3) is 0.500. The van der Waals surface area contributed by atoms with Crippen molar-refractivity contribution in [1.82, 2.24) is 0 Å². The van der Waals surface area contributed by atoms with E-state index in [1.807, 2.05) is 0 Å². The highest BCUT2D eigenvalue weighted by atomic mass is 19.3. The van der Waals surface area contributed by atoms with E-state index >= 15 is 0 Å². The van der Waals surface area contributed by atoms with E-state index in [1.165, 1.54) is 0 Å². The van der Waals surface area contributed by atoms with Gasteiger partial charge in [-0.15, -0.1) is 0 Å². The third kappa shape index (κ3) is 4.51. The molecule has 0 aliphatic heterocycles. The van der Waals surface area contributed by atoms with Gasteiger partial charge < -0.3 is 20.9 Å². The van der Waals surface area contributed by atoms with Crippen molar-refractivity contribution in [3.8, 4) is 5.75 Å². The minimum Gasteiger partial charge on any atom is -0.432 e. The van der Waals surface area contributed by atoms with Gasteiger partial charge >= 0.3 is 6.61 Å². The first kappa shape index (κ1) is 15.4. The van der Waals surface area contributed by atoms with E-state index in [4.69, 9.17) is 5.73 Å². The summed E-state index contributed by atoms with van der Waals surface area (Å²) in [6.45, 7) is 0.426. The van der Waals surface area contributed by atoms with Crippen LogP contribution in [-0.2, 0) is 0 Å². The van der Waals surface area contributed by atoms with Gasteiger partial charge in [-0.3, -0.25) is 0 Å². The Morgan fingerprint density at radius 2 is 2.11 bits per heavy atom. The fourth-order valence-corrected chi connectivity index (χ4v) is 1.32. The molecule has 1 aromatic rings. The molecule has 0 bridgehead atoms. The van der Waals surface area contributed by atoms with E-state index in [0.717, 1.165) is 12.1 Å². The van der Waals surface area contributed by atoms with Crippen LogP contribution in [0.25, 0.3) is 0 Å². The molecule has 1 unspecified atom stereocenters. The van der Waals surface area contributed by atoms with Crippen LogP contribution < -0.4 is 15.8 Å². The Balaban J connectivity index is 2.89. The van der Waals surface area contributed by atoms with Crippen molar-refractivity contribution in [2.75, 3.05) is 17.6 Å². The summed E-state index contributed by atoms with van der Waals surface area (Å²) in [5.74, 6) is -1.56. The largest absolute Gasteiger partial charge is 0.432 e. The first-order valence-corrected chi connectivity index (χ1v) is 5.75. The predicted molar refractivity (Wildman–Crippen MR) is 66.8 cm³/mol. The van der Waals surface area contributed by atoms with Gasteiger partial charge in [-0.05, 0) is 13.3 Å². The summed E-state index contributed by atoms with van der Waals surface area (Å²) in [6, 6.07) is 1.93. The van der Waals surface area contributed by atoms with Crippen LogP contribution in [-0.4, -0.2) is 23.9 Å². The van der Waals surface area contributed by atoms with Crippen LogP contribution >= 0.6 is 0 Å². The molecule has 7 heteroatoms. The minimum absolute atomic E-state index is 0.0472. The van der Waals surface area contributed by atoms with Gasteiger partial charge in [0.1, 0.15) is 0 Å². The molecule has 0 heterocycles. The highest BCUT2D eigenvalue weighted by molar-refractivity contribution is 5.68. The SMILES string of the molecule is CCC(C)(O)CNc1cc(OC(F)F)c(F)cc1N. The van der Waals surface area contributed by atoms with Crippen molar-refractivity contribution >= 4 is 11.4 Å². The molecule has 0 radical (unpaired) electrons. The summed E-state index contributed by atoms with van der Waals surface area (Å²) in [5, 5.41) is 12.6. The maximum Gasteiger partial charge on any atom is 0.387 e. The van der Waals surface area contributed by atoms with Crippen LogP contribution in [0.5, 0.6) is 5.75 Å². The summed E-state index contributed by atoms with van der Waals surface area (Å²) >= 11 is 0. The molecular formula is C12H17F3N2O2. The Hall–Kier alpha value is -1.63. The predicted octanol–water partition coefficient (Wildman–Crippen LogP) is 2.58. The van der Waals surface area contributed by atoms with Gasteiger partial charge in [0.15, 0.2) is 11.6 Å². The molecule has 0 amide bonds. The number of ether oxygens (including phenoxy) is 1. The Kier molecular flexibility index (Phi) is 4.88. The average Bonchev–Trinajstić information content (AvgIpc) is 2.30. The maximum atomic E-state index is 13.3. The quantitative estimate of drug-likeness (QED) is 0.700. The van der Waals surface area contributed by atoms with Gasteiger partial charge in [0.2, 0.25) is 0 Å². The standard InChI is InChI=1S/C12H17F3N2O2/c1-3-12(2,18)6-17-9-5-10(19-11(14)15)7(13)4-8(9)16/h4-5,11,17-18H,3,6,16H2,1-2H3. The zero-order chi connectivity index (χ0) is 14.6. The summed E-state index contributed by atoms with van der Waals surface area (Å²) in [5.41, 5.74) is 4.86. The smallest absolute Gasteiger partial charge is 0.387 e. The average molecular weight is 278 g/mol. The summed E-state index contributed by atoms with van der Waals surface area (Å²) in [6.07, 6.45) is 0.488. The van der Waals surface area contributed by atoms with Crippen LogP contribution in [0.15, 0.2) is 12.1 Å². The number of hydrogen-bond donors (Lipinski definition) is 3. The van der Waals surface area contributed by atoms with Crippen molar-refractivity contribution in [2.45, 2.75) is 32.5 Å². The zero-order valence-electron chi connectivity index (χ0n) is 10.7. The van der Waals surface area contributed by atoms with Crippen molar-refractivity contribution in [3.05, 3.63) is 17.9 Å². The molecule has 1 atom stereocenters. The van der Waals surface area contributed by atoms with E-state index in [1.54, 1.807) is 13.8 Å². The molecular weight excluding hydrogens is 261 g/mol. The van der Waals surface area contributed by atoms with E-state index in [9.17, 15) is 18.3 Å². The number of aliphatic hydroxyl groups is 1. The molecule has 0 aliphatic carbocycles. The number of anilines is 2. The highest BCUT2D eigenvalue weighted by Gasteiger charge is 2.19. The molecule has 108 valence electrons. The Labute approximate surface area is 109 Å². The van der Waals surface area contributed by atoms with Crippen molar-refractivity contribution in [2.24, 2.45) is 0 Å². The molecule has 0 aromatic heterocycles. The lowest BCUT2D eigenvalue weighted by atomic mass is 10.0. The number of nitrogens with two attached hydrogens (primary N) is 1. The number of rotatable bonds is 6. The third-order valence-corrected chi connectivity index (χ3v) is 2.74. The Morgan fingerprint density at radius 3 is 2.63 bits per heavy atom. The number of nitrogens with one attached hydrogen (secondary N) is 1. The van der Waals surface area contributed by atoms with Crippen molar-refractivity contribution in [1.29, 1.82) is 0 Å². The van der Waals surface area contributed by atoms with Gasteiger partial charge in [0.05, 0.1) is 17.0 Å². The van der Waals surface area contributed by atoms with E-state index in [2.05, 4.69) is 10.1 Å². The molecule has 0 spiro atoms. The van der Waals surface area contributed by atoms with Gasteiger partial charge in [0.25, 0.3) is 0 Å². The number of benzene rings is 1. The van der Waals surface area contributed by atoms with Gasteiger partial charge in [-0.1, -0.05) is 6.92 Å². The van der Waals surface area contributed by atoms with E-state index in [-0.39, 0.29) is 17.9 Å². The van der Waals surface area contributed by atoms with Gasteiger partial charge in [0, 0.05) is 18.7 Å². The van der Waals surface area contributed by atoms with Gasteiger partial charge in [-0.25, -0.2) is 4.39 Å². The van der Waals surface area contributed by atoms with Crippen LogP contribution in [0.1, 0.15) is 20.3 Å². The molecule has 1 aromatic carbocycles. The van der Waals surface area contributed by atoms with Crippen molar-refractivity contribution < 1.29 is 23.0 Å². The number of halogens is 3. The minimum atomic E-state index is -3.12. The lowest BCUT2D eigenvalue weighted by Crippen LogP contribution is -2.32. The van der Waals surface area contributed by atoms with E-state index in [0.29, 0.717) is 6.42 Å². The molecule has 1 rings (SSSR count). The number of alkyl halides is 2. The molecule has 0 fully saturated rings. The molecule has 19 heavy (non-hydrogen) atoms. The topological polar surface area (TPSA) is 67.5 Å². The van der Waals surface area contributed by atoms with Crippen LogP contribution in [0, 0.1) is 5.82 Å². The molecule has 4 nitrogen and oxygen atoms in total. The summed E-state index contributed by atoms with van der Waals surface area (Å²) in [7, 11) is 0. The molecule has 0 saturated carbocycles. The van der Waals surface area contributed by atoms with Crippen LogP contribution in [0.3, 0.4) is 0 Å². The van der Waals surface area contributed by atoms with Crippen molar-refractivity contribution in [3.63, 3.8) is 0 Å². The second kappa shape index (κ2) is 6.01. The lowest BCUT2D eigenvalue weighted by Gasteiger charge is -2.23. The Morgan fingerprint density at radius 1 is 1.47 bits per heavy atom. The highest BCUT2D eigenvalue weighted by Crippen LogP contribution is 2.29. The van der Waals surface area contributed by atoms with Crippen LogP contribution in [0.2, 0.25) is 0 Å². The summed E-state index contributed by atoms with van der Waals surface area (Å²) in [4.78, 5) is 0. The monoisotopic (exact) mass is 278 g/mol. The van der Waals surface area contributed by atoms with Gasteiger partial charge in [-0.2, -0.15) is 8.78 Å². The first-order valence-electron chi connectivity index (χ1n) is 5.75. The fourth-order valence-electron chi connectivity index (χ4n) is 1.32. The third-order valence-electron chi connectivity index (χ3n) is 2.74. The van der Waals surface area contributed by atoms with Crippen LogP contribution in [0.4, 0.5) is 24.5 Å². The zero-order valence-corrected chi connectivity index (χ0v) is 10.7. The first-order chi connectivity index (χ1) is 8.75. The lowest BCUT2D eigenvalue weighted by molar-refractivity contribution is -0.0521. The normalized spacial score (nSPS) is 14.3. The second-order valence-electron chi connectivity index (χ2n) is 4.45.